The lowest BCUT2D eigenvalue weighted by Gasteiger charge is -2.09. The molecular weight excluding hydrogens is 284 g/mol. The Morgan fingerprint density at radius 2 is 1.30 bits per heavy atom. The van der Waals surface area contributed by atoms with Gasteiger partial charge in [0.25, 0.3) is 0 Å². The van der Waals surface area contributed by atoms with Gasteiger partial charge in [-0.05, 0) is 50.9 Å². The molecular formula is C21H14O2. The summed E-state index contributed by atoms with van der Waals surface area (Å²) < 4.78 is 0. The van der Waals surface area contributed by atoms with Crippen LogP contribution >= 0.6 is 0 Å². The molecule has 0 amide bonds. The molecule has 0 saturated heterocycles. The Kier molecular flexibility index (Phi) is 3.09. The van der Waals surface area contributed by atoms with Crippen LogP contribution in [0.1, 0.15) is 10.4 Å². The number of carboxylic acids is 1. The summed E-state index contributed by atoms with van der Waals surface area (Å²) in [6.07, 6.45) is 0. The van der Waals surface area contributed by atoms with Crippen molar-refractivity contribution in [1.29, 1.82) is 0 Å². The third-order valence-electron chi connectivity index (χ3n) is 4.18. The van der Waals surface area contributed by atoms with Crippen LogP contribution < -0.4 is 0 Å². The Bertz CT molecular complexity index is 1050. The van der Waals surface area contributed by atoms with Gasteiger partial charge in [0.05, 0.1) is 5.56 Å². The summed E-state index contributed by atoms with van der Waals surface area (Å²) in [6, 6.07) is 25.8. The Morgan fingerprint density at radius 3 is 2.09 bits per heavy atom. The highest BCUT2D eigenvalue weighted by Gasteiger charge is 2.11. The fourth-order valence-corrected chi connectivity index (χ4v) is 3.02. The molecule has 2 nitrogen and oxygen atoms in total. The van der Waals surface area contributed by atoms with Crippen LogP contribution in [0.2, 0.25) is 0 Å². The Balaban J connectivity index is 1.98. The molecule has 0 fully saturated rings. The van der Waals surface area contributed by atoms with Crippen LogP contribution in [0.15, 0.2) is 78.9 Å². The van der Waals surface area contributed by atoms with Gasteiger partial charge in [0, 0.05) is 0 Å². The fourth-order valence-electron chi connectivity index (χ4n) is 3.02. The maximum absolute atomic E-state index is 11.6. The second-order valence-electron chi connectivity index (χ2n) is 5.61. The van der Waals surface area contributed by atoms with E-state index in [0.29, 0.717) is 5.56 Å². The van der Waals surface area contributed by atoms with Gasteiger partial charge in [-0.2, -0.15) is 0 Å². The summed E-state index contributed by atoms with van der Waals surface area (Å²) in [7, 11) is 0. The van der Waals surface area contributed by atoms with E-state index < -0.39 is 5.97 Å². The van der Waals surface area contributed by atoms with Gasteiger partial charge in [0.1, 0.15) is 0 Å². The molecule has 0 aliphatic heterocycles. The first-order valence-electron chi connectivity index (χ1n) is 7.48. The Hall–Kier alpha value is -3.13. The van der Waals surface area contributed by atoms with Gasteiger partial charge in [-0.1, -0.05) is 60.7 Å². The van der Waals surface area contributed by atoms with Gasteiger partial charge < -0.3 is 5.11 Å². The molecule has 0 radical (unpaired) electrons. The highest BCUT2D eigenvalue weighted by atomic mass is 16.4. The Labute approximate surface area is 133 Å². The molecule has 0 saturated carbocycles. The van der Waals surface area contributed by atoms with Crippen molar-refractivity contribution in [3.05, 3.63) is 84.4 Å². The normalized spacial score (nSPS) is 11.0. The third kappa shape index (κ3) is 2.34. The highest BCUT2D eigenvalue weighted by Crippen LogP contribution is 2.30. The molecule has 1 N–H and O–H groups in total. The topological polar surface area (TPSA) is 37.3 Å². The van der Waals surface area contributed by atoms with Crippen LogP contribution in [0.25, 0.3) is 32.7 Å². The quantitative estimate of drug-likeness (QED) is 0.541. The van der Waals surface area contributed by atoms with E-state index in [2.05, 4.69) is 24.3 Å². The molecule has 0 bridgehead atoms. The van der Waals surface area contributed by atoms with Crippen molar-refractivity contribution >= 4 is 27.5 Å². The van der Waals surface area contributed by atoms with Crippen LogP contribution in [0, 0.1) is 0 Å². The number of carboxylic acid groups (broad SMARTS) is 1. The maximum Gasteiger partial charge on any atom is 0.336 e. The Morgan fingerprint density at radius 1 is 0.652 bits per heavy atom. The predicted molar refractivity (Wildman–Crippen MR) is 93.8 cm³/mol. The molecule has 110 valence electrons. The number of aromatic carboxylic acids is 1. The maximum atomic E-state index is 11.6. The van der Waals surface area contributed by atoms with E-state index in [9.17, 15) is 9.90 Å². The summed E-state index contributed by atoms with van der Waals surface area (Å²) in [6.45, 7) is 0. The number of fused-ring (bicyclic) bond motifs is 2. The van der Waals surface area contributed by atoms with Crippen LogP contribution in [-0.4, -0.2) is 11.1 Å². The smallest absolute Gasteiger partial charge is 0.336 e. The molecule has 0 aliphatic rings. The number of benzene rings is 4. The van der Waals surface area contributed by atoms with E-state index in [0.717, 1.165) is 27.3 Å². The van der Waals surface area contributed by atoms with Crippen molar-refractivity contribution in [2.75, 3.05) is 0 Å². The highest BCUT2D eigenvalue weighted by molar-refractivity contribution is 6.06. The summed E-state index contributed by atoms with van der Waals surface area (Å²) in [5.41, 5.74) is 2.29. The first-order chi connectivity index (χ1) is 11.2. The average molecular weight is 298 g/mol. The van der Waals surface area contributed by atoms with Crippen molar-refractivity contribution in [2.24, 2.45) is 0 Å². The SMILES string of the molecule is O=C(O)c1cc(-c2ccc3ccccc3c2)cc2ccccc12. The van der Waals surface area contributed by atoms with E-state index in [-0.39, 0.29) is 0 Å². The van der Waals surface area contributed by atoms with Crippen LogP contribution in [-0.2, 0) is 0 Å². The van der Waals surface area contributed by atoms with E-state index in [1.54, 1.807) is 6.07 Å². The zero-order chi connectivity index (χ0) is 15.8. The van der Waals surface area contributed by atoms with Gasteiger partial charge in [-0.15, -0.1) is 0 Å². The minimum atomic E-state index is -0.899. The van der Waals surface area contributed by atoms with E-state index in [1.165, 1.54) is 5.39 Å². The average Bonchev–Trinajstić information content (AvgIpc) is 2.60. The second kappa shape index (κ2) is 5.25. The van der Waals surface area contributed by atoms with Crippen molar-refractivity contribution in [1.82, 2.24) is 0 Å². The molecule has 4 aromatic carbocycles. The van der Waals surface area contributed by atoms with Gasteiger partial charge >= 0.3 is 5.97 Å². The minimum absolute atomic E-state index is 0.339. The number of hydrogen-bond acceptors (Lipinski definition) is 1. The van der Waals surface area contributed by atoms with Gasteiger partial charge in [0.2, 0.25) is 0 Å². The molecule has 0 aliphatic carbocycles. The van der Waals surface area contributed by atoms with Crippen molar-refractivity contribution in [3.63, 3.8) is 0 Å². The fraction of sp³-hybridized carbons (Fsp3) is 0. The summed E-state index contributed by atoms with van der Waals surface area (Å²) in [4.78, 5) is 11.6. The summed E-state index contributed by atoms with van der Waals surface area (Å²) >= 11 is 0. The molecule has 0 spiro atoms. The predicted octanol–water partition coefficient (Wildman–Crippen LogP) is 5.36. The summed E-state index contributed by atoms with van der Waals surface area (Å²) in [5.74, 6) is -0.899. The first kappa shape index (κ1) is 13.5. The van der Waals surface area contributed by atoms with Crippen LogP contribution in [0.4, 0.5) is 0 Å². The van der Waals surface area contributed by atoms with Crippen LogP contribution in [0.3, 0.4) is 0 Å². The number of carbonyl (C=O) groups is 1. The third-order valence-corrected chi connectivity index (χ3v) is 4.18. The van der Waals surface area contributed by atoms with Crippen molar-refractivity contribution in [3.8, 4) is 11.1 Å². The van der Waals surface area contributed by atoms with Gasteiger partial charge in [-0.3, -0.25) is 0 Å². The molecule has 4 rings (SSSR count). The van der Waals surface area contributed by atoms with Crippen LogP contribution in [0.5, 0.6) is 0 Å². The van der Waals surface area contributed by atoms with Gasteiger partial charge in [-0.25, -0.2) is 4.79 Å². The minimum Gasteiger partial charge on any atom is -0.478 e. The molecule has 0 unspecified atom stereocenters. The lowest BCUT2D eigenvalue weighted by Crippen LogP contribution is -1.98. The molecule has 0 heterocycles. The van der Waals surface area contributed by atoms with Crippen molar-refractivity contribution in [2.45, 2.75) is 0 Å². The number of rotatable bonds is 2. The monoisotopic (exact) mass is 298 g/mol. The zero-order valence-corrected chi connectivity index (χ0v) is 12.4. The van der Waals surface area contributed by atoms with E-state index in [1.807, 2.05) is 48.5 Å². The molecule has 4 aromatic rings. The van der Waals surface area contributed by atoms with E-state index in [4.69, 9.17) is 0 Å². The van der Waals surface area contributed by atoms with E-state index >= 15 is 0 Å². The lowest BCUT2D eigenvalue weighted by atomic mass is 9.95. The molecule has 0 aromatic heterocycles. The van der Waals surface area contributed by atoms with Crippen molar-refractivity contribution < 1.29 is 9.90 Å². The molecule has 0 atom stereocenters. The molecule has 2 heteroatoms. The largest absolute Gasteiger partial charge is 0.478 e. The zero-order valence-electron chi connectivity index (χ0n) is 12.4. The van der Waals surface area contributed by atoms with Gasteiger partial charge in [0.15, 0.2) is 0 Å². The molecule has 23 heavy (non-hydrogen) atoms. The standard InChI is InChI=1S/C21H14O2/c22-21(23)20-13-18(12-17-7-3-4-8-19(17)20)16-10-9-14-5-1-2-6-15(14)11-16/h1-13H,(H,22,23). The summed E-state index contributed by atoms with van der Waals surface area (Å²) in [5, 5.41) is 13.6. The first-order valence-corrected chi connectivity index (χ1v) is 7.48. The second-order valence-corrected chi connectivity index (χ2v) is 5.61. The number of hydrogen-bond donors (Lipinski definition) is 1. The lowest BCUT2D eigenvalue weighted by molar-refractivity contribution is 0.0699.